The van der Waals surface area contributed by atoms with Crippen LogP contribution in [0.15, 0.2) is 12.4 Å². The predicted octanol–water partition coefficient (Wildman–Crippen LogP) is 1.64. The summed E-state index contributed by atoms with van der Waals surface area (Å²) in [7, 11) is 2.20. The van der Waals surface area contributed by atoms with Crippen LogP contribution in [0, 0.1) is 0 Å². The number of carbonyl (C=O) groups is 1. The van der Waals surface area contributed by atoms with Gasteiger partial charge in [-0.1, -0.05) is 0 Å². The van der Waals surface area contributed by atoms with Crippen LogP contribution in [0.25, 0.3) is 0 Å². The molecule has 3 rings (SSSR count). The number of imidazole rings is 1. The summed E-state index contributed by atoms with van der Waals surface area (Å²) >= 11 is 0. The molecule has 0 unspecified atom stereocenters. The zero-order chi connectivity index (χ0) is 17.8. The number of piperidine rings is 1. The third kappa shape index (κ3) is 4.61. The predicted molar refractivity (Wildman–Crippen MR) is 99.6 cm³/mol. The Hall–Kier alpha value is -1.40. The molecule has 0 bridgehead atoms. The second-order valence-electron chi connectivity index (χ2n) is 7.80. The fourth-order valence-corrected chi connectivity index (χ4v) is 4.05. The van der Waals surface area contributed by atoms with E-state index < -0.39 is 0 Å². The molecule has 2 saturated heterocycles. The van der Waals surface area contributed by atoms with Gasteiger partial charge < -0.3 is 14.4 Å². The second kappa shape index (κ2) is 8.32. The van der Waals surface area contributed by atoms with Crippen molar-refractivity contribution < 1.29 is 4.79 Å². The van der Waals surface area contributed by atoms with Crippen LogP contribution in [0.3, 0.4) is 0 Å². The summed E-state index contributed by atoms with van der Waals surface area (Å²) in [6.07, 6.45) is 7.39. The zero-order valence-corrected chi connectivity index (χ0v) is 16.0. The molecule has 2 aliphatic rings. The summed E-state index contributed by atoms with van der Waals surface area (Å²) < 4.78 is 2.16. The summed E-state index contributed by atoms with van der Waals surface area (Å²) in [6.45, 7) is 10.8. The summed E-state index contributed by atoms with van der Waals surface area (Å²) in [5.74, 6) is 1.31. The van der Waals surface area contributed by atoms with E-state index >= 15 is 0 Å². The lowest BCUT2D eigenvalue weighted by molar-refractivity contribution is -0.132. The molecule has 0 saturated carbocycles. The van der Waals surface area contributed by atoms with E-state index in [1.807, 2.05) is 12.4 Å². The number of amides is 1. The van der Waals surface area contributed by atoms with Gasteiger partial charge in [0.2, 0.25) is 5.91 Å². The first-order valence-electron chi connectivity index (χ1n) is 9.76. The van der Waals surface area contributed by atoms with Crippen molar-refractivity contribution in [3.05, 3.63) is 18.2 Å². The molecule has 2 aliphatic heterocycles. The fourth-order valence-electron chi connectivity index (χ4n) is 4.05. The third-order valence-corrected chi connectivity index (χ3v) is 5.74. The zero-order valence-electron chi connectivity index (χ0n) is 16.0. The lowest BCUT2D eigenvalue weighted by Crippen LogP contribution is -2.53. The second-order valence-corrected chi connectivity index (χ2v) is 7.80. The van der Waals surface area contributed by atoms with Gasteiger partial charge in [-0.25, -0.2) is 4.98 Å². The van der Waals surface area contributed by atoms with Crippen LogP contribution in [0.4, 0.5) is 0 Å². The van der Waals surface area contributed by atoms with Crippen LogP contribution in [0.1, 0.15) is 45.0 Å². The quantitative estimate of drug-likeness (QED) is 0.812. The molecule has 25 heavy (non-hydrogen) atoms. The van der Waals surface area contributed by atoms with Crippen molar-refractivity contribution in [1.82, 2.24) is 24.3 Å². The molecule has 0 spiro atoms. The minimum atomic E-state index is 0.287. The van der Waals surface area contributed by atoms with Crippen molar-refractivity contribution in [1.29, 1.82) is 0 Å². The maximum Gasteiger partial charge on any atom is 0.223 e. The van der Waals surface area contributed by atoms with Gasteiger partial charge in [-0.05, 0) is 33.7 Å². The minimum absolute atomic E-state index is 0.287. The number of piperazine rings is 1. The number of carbonyl (C=O) groups excluding carboxylic acids is 1. The Morgan fingerprint density at radius 2 is 1.84 bits per heavy atom. The molecule has 0 atom stereocenters. The molecule has 6 heteroatoms. The lowest BCUT2D eigenvalue weighted by Gasteiger charge is -2.42. The van der Waals surface area contributed by atoms with Crippen molar-refractivity contribution in [2.45, 2.75) is 51.6 Å². The standard InChI is InChI=1S/C19H33N5O/c1-16(2)24-11-8-20-18(24)4-5-19(25)23-9-6-17(7-10-23)22-14-12-21(3)13-15-22/h8,11,16-17H,4-7,9-10,12-15H2,1-3H3. The van der Waals surface area contributed by atoms with Crippen LogP contribution in [-0.4, -0.2) is 82.5 Å². The number of likely N-dealkylation sites (tertiary alicyclic amines) is 1. The van der Waals surface area contributed by atoms with E-state index in [0.717, 1.165) is 38.2 Å². The van der Waals surface area contributed by atoms with Crippen LogP contribution in [0.2, 0.25) is 0 Å². The highest BCUT2D eigenvalue weighted by Gasteiger charge is 2.28. The van der Waals surface area contributed by atoms with Crippen LogP contribution >= 0.6 is 0 Å². The van der Waals surface area contributed by atoms with E-state index in [1.54, 1.807) is 0 Å². The number of hydrogen-bond donors (Lipinski definition) is 0. The summed E-state index contributed by atoms with van der Waals surface area (Å²) in [4.78, 5) is 24.1. The molecule has 3 heterocycles. The van der Waals surface area contributed by atoms with Gasteiger partial charge in [-0.3, -0.25) is 9.69 Å². The van der Waals surface area contributed by atoms with Gasteiger partial charge in [0.25, 0.3) is 0 Å². The van der Waals surface area contributed by atoms with E-state index in [0.29, 0.717) is 18.5 Å². The lowest BCUT2D eigenvalue weighted by atomic mass is 10.0. The largest absolute Gasteiger partial charge is 0.343 e. The Morgan fingerprint density at radius 1 is 1.16 bits per heavy atom. The van der Waals surface area contributed by atoms with E-state index in [2.05, 4.69) is 45.1 Å². The van der Waals surface area contributed by atoms with Gasteiger partial charge in [0.05, 0.1) is 0 Å². The number of rotatable bonds is 5. The molecule has 0 N–H and O–H groups in total. The number of aromatic nitrogens is 2. The Bertz CT molecular complexity index is 554. The molecular weight excluding hydrogens is 314 g/mol. The van der Waals surface area contributed by atoms with Crippen molar-refractivity contribution >= 4 is 5.91 Å². The first-order valence-corrected chi connectivity index (χ1v) is 9.76. The molecule has 1 aromatic rings. The molecule has 140 valence electrons. The maximum atomic E-state index is 12.6. The molecule has 1 amide bonds. The molecule has 6 nitrogen and oxygen atoms in total. The summed E-state index contributed by atoms with van der Waals surface area (Å²) in [5, 5.41) is 0. The summed E-state index contributed by atoms with van der Waals surface area (Å²) in [6, 6.07) is 1.06. The van der Waals surface area contributed by atoms with Crippen LogP contribution in [0.5, 0.6) is 0 Å². The molecule has 0 aromatic carbocycles. The molecule has 0 radical (unpaired) electrons. The van der Waals surface area contributed by atoms with Crippen molar-refractivity contribution in [2.24, 2.45) is 0 Å². The first kappa shape index (κ1) is 18.4. The van der Waals surface area contributed by atoms with E-state index in [9.17, 15) is 4.79 Å². The highest BCUT2D eigenvalue weighted by atomic mass is 16.2. The topological polar surface area (TPSA) is 44.6 Å². The Kier molecular flexibility index (Phi) is 6.12. The highest BCUT2D eigenvalue weighted by molar-refractivity contribution is 5.76. The smallest absolute Gasteiger partial charge is 0.223 e. The third-order valence-electron chi connectivity index (χ3n) is 5.74. The van der Waals surface area contributed by atoms with E-state index in [-0.39, 0.29) is 5.91 Å². The van der Waals surface area contributed by atoms with Crippen LogP contribution in [-0.2, 0) is 11.2 Å². The van der Waals surface area contributed by atoms with Gasteiger partial charge in [0.1, 0.15) is 5.82 Å². The molecule has 2 fully saturated rings. The SMILES string of the molecule is CC(C)n1ccnc1CCC(=O)N1CCC(N2CCN(C)CC2)CC1. The van der Waals surface area contributed by atoms with Gasteiger partial charge in [-0.15, -0.1) is 0 Å². The van der Waals surface area contributed by atoms with Crippen molar-refractivity contribution in [2.75, 3.05) is 46.3 Å². The van der Waals surface area contributed by atoms with Gasteiger partial charge in [-0.2, -0.15) is 0 Å². The van der Waals surface area contributed by atoms with Crippen molar-refractivity contribution in [3.63, 3.8) is 0 Å². The van der Waals surface area contributed by atoms with Crippen molar-refractivity contribution in [3.8, 4) is 0 Å². The normalized spacial score (nSPS) is 21.2. The van der Waals surface area contributed by atoms with Gasteiger partial charge >= 0.3 is 0 Å². The van der Waals surface area contributed by atoms with Gasteiger partial charge in [0, 0.05) is 76.6 Å². The number of hydrogen-bond acceptors (Lipinski definition) is 4. The number of likely N-dealkylation sites (N-methyl/N-ethyl adjacent to an activating group) is 1. The summed E-state index contributed by atoms with van der Waals surface area (Å²) in [5.41, 5.74) is 0. The van der Waals surface area contributed by atoms with Gasteiger partial charge in [0.15, 0.2) is 0 Å². The fraction of sp³-hybridized carbons (Fsp3) is 0.789. The monoisotopic (exact) mass is 347 g/mol. The Balaban J connectivity index is 1.43. The van der Waals surface area contributed by atoms with Crippen LogP contribution < -0.4 is 0 Å². The minimum Gasteiger partial charge on any atom is -0.343 e. The Labute approximate surface area is 151 Å². The molecule has 0 aliphatic carbocycles. The van der Waals surface area contributed by atoms with E-state index in [4.69, 9.17) is 0 Å². The maximum absolute atomic E-state index is 12.6. The first-order chi connectivity index (χ1) is 12.0. The van der Waals surface area contributed by atoms with E-state index in [1.165, 1.54) is 26.2 Å². The molecule has 1 aromatic heterocycles. The molecular formula is C19H33N5O. The average molecular weight is 348 g/mol. The number of aryl methyl sites for hydroxylation is 1. The Morgan fingerprint density at radius 3 is 2.48 bits per heavy atom. The highest BCUT2D eigenvalue weighted by Crippen LogP contribution is 2.19. The average Bonchev–Trinajstić information content (AvgIpc) is 3.09. The number of nitrogens with zero attached hydrogens (tertiary/aromatic N) is 5.